The fraction of sp³-hybridized carbons (Fsp3) is 0.750. The van der Waals surface area contributed by atoms with Crippen molar-refractivity contribution in [2.45, 2.75) is 12.5 Å². The summed E-state index contributed by atoms with van der Waals surface area (Å²) in [5.41, 5.74) is 4.90. The van der Waals surface area contributed by atoms with Crippen LogP contribution in [0.15, 0.2) is 0 Å². The van der Waals surface area contributed by atoms with Gasteiger partial charge in [0, 0.05) is 0 Å². The second-order valence-electron chi connectivity index (χ2n) is 1.70. The molecule has 1 atom stereocenters. The highest BCUT2D eigenvalue weighted by Crippen LogP contribution is 1.98. The van der Waals surface area contributed by atoms with E-state index in [0.717, 1.165) is 13.0 Å². The van der Waals surface area contributed by atoms with E-state index in [1.165, 1.54) is 0 Å². The van der Waals surface area contributed by atoms with Crippen LogP contribution in [0.2, 0.25) is 0 Å². The third-order valence-corrected chi connectivity index (χ3v) is 1.17. The lowest BCUT2D eigenvalue weighted by molar-refractivity contribution is -0.121. The summed E-state index contributed by atoms with van der Waals surface area (Å²) in [5, 5.41) is 2.87. The van der Waals surface area contributed by atoms with Gasteiger partial charge in [-0.1, -0.05) is 0 Å². The molecule has 0 unspecified atom stereocenters. The standard InChI is InChI=1S/C4H8N2O/c5-4(7)3-1-2-6-3/h3,6H,1-2H2,(H2,5,7)/t3-/m0/s1. The Bertz CT molecular complexity index is 87.7. The second kappa shape index (κ2) is 1.50. The lowest BCUT2D eigenvalue weighted by Crippen LogP contribution is -2.51. The van der Waals surface area contributed by atoms with E-state index in [1.54, 1.807) is 0 Å². The van der Waals surface area contributed by atoms with Gasteiger partial charge in [0.05, 0.1) is 6.04 Å². The normalized spacial score (nSPS) is 28.9. The Hall–Kier alpha value is -0.570. The third kappa shape index (κ3) is 0.718. The first-order chi connectivity index (χ1) is 3.30. The summed E-state index contributed by atoms with van der Waals surface area (Å²) in [4.78, 5) is 10.1. The molecule has 7 heavy (non-hydrogen) atoms. The van der Waals surface area contributed by atoms with Crippen molar-refractivity contribution in [2.75, 3.05) is 6.54 Å². The van der Waals surface area contributed by atoms with Crippen LogP contribution in [-0.2, 0) is 4.79 Å². The Morgan fingerprint density at radius 3 is 2.43 bits per heavy atom. The van der Waals surface area contributed by atoms with E-state index < -0.39 is 0 Å². The van der Waals surface area contributed by atoms with Crippen LogP contribution in [0.25, 0.3) is 0 Å². The molecular weight excluding hydrogens is 92.1 g/mol. The quantitative estimate of drug-likeness (QED) is 0.436. The number of nitrogens with one attached hydrogen (secondary N) is 1. The molecule has 1 fully saturated rings. The molecular formula is C4H8N2O. The molecule has 0 spiro atoms. The fourth-order valence-corrected chi connectivity index (χ4v) is 0.532. The number of carbonyl (C=O) groups excluding carboxylic acids is 1. The maximum atomic E-state index is 10.1. The molecule has 0 aliphatic carbocycles. The van der Waals surface area contributed by atoms with Crippen LogP contribution in [0.3, 0.4) is 0 Å². The minimum absolute atomic E-state index is 0.0278. The molecule has 1 amide bonds. The first kappa shape index (κ1) is 4.59. The molecule has 1 aliphatic rings. The van der Waals surface area contributed by atoms with Crippen molar-refractivity contribution in [2.24, 2.45) is 5.73 Å². The van der Waals surface area contributed by atoms with Gasteiger partial charge >= 0.3 is 0 Å². The zero-order valence-electron chi connectivity index (χ0n) is 3.98. The number of primary amides is 1. The highest BCUT2D eigenvalue weighted by Gasteiger charge is 2.20. The highest BCUT2D eigenvalue weighted by atomic mass is 16.1. The number of rotatable bonds is 1. The molecule has 0 aromatic carbocycles. The van der Waals surface area contributed by atoms with Crippen molar-refractivity contribution in [1.82, 2.24) is 5.32 Å². The second-order valence-corrected chi connectivity index (χ2v) is 1.70. The van der Waals surface area contributed by atoms with E-state index in [4.69, 9.17) is 5.73 Å². The van der Waals surface area contributed by atoms with Crippen molar-refractivity contribution in [3.63, 3.8) is 0 Å². The van der Waals surface area contributed by atoms with Crippen molar-refractivity contribution in [3.8, 4) is 0 Å². The Balaban J connectivity index is 2.27. The summed E-state index contributed by atoms with van der Waals surface area (Å²) >= 11 is 0. The lowest BCUT2D eigenvalue weighted by atomic mass is 10.1. The van der Waals surface area contributed by atoms with Gasteiger partial charge in [-0.3, -0.25) is 4.79 Å². The van der Waals surface area contributed by atoms with Gasteiger partial charge in [0.25, 0.3) is 0 Å². The van der Waals surface area contributed by atoms with Gasteiger partial charge in [0.15, 0.2) is 0 Å². The Labute approximate surface area is 41.9 Å². The number of amides is 1. The lowest BCUT2D eigenvalue weighted by Gasteiger charge is -2.23. The number of hydrogen-bond donors (Lipinski definition) is 2. The zero-order chi connectivity index (χ0) is 5.28. The predicted molar refractivity (Wildman–Crippen MR) is 25.6 cm³/mol. The minimum atomic E-state index is -0.230. The molecule has 3 heteroatoms. The number of nitrogens with two attached hydrogens (primary N) is 1. The third-order valence-electron chi connectivity index (χ3n) is 1.17. The SMILES string of the molecule is NC(=O)[C@@H]1CCN1. The van der Waals surface area contributed by atoms with Gasteiger partial charge < -0.3 is 11.1 Å². The molecule has 0 aromatic rings. The molecule has 3 nitrogen and oxygen atoms in total. The summed E-state index contributed by atoms with van der Waals surface area (Å²) in [6, 6.07) is -0.0278. The molecule has 1 rings (SSSR count). The first-order valence-electron chi connectivity index (χ1n) is 2.33. The molecule has 1 heterocycles. The van der Waals surface area contributed by atoms with Crippen LogP contribution in [0.5, 0.6) is 0 Å². The first-order valence-corrected chi connectivity index (χ1v) is 2.33. The molecule has 0 aromatic heterocycles. The van der Waals surface area contributed by atoms with Crippen LogP contribution >= 0.6 is 0 Å². The van der Waals surface area contributed by atoms with E-state index in [9.17, 15) is 4.79 Å². The van der Waals surface area contributed by atoms with Crippen LogP contribution in [0.1, 0.15) is 6.42 Å². The van der Waals surface area contributed by atoms with E-state index >= 15 is 0 Å². The molecule has 0 saturated carbocycles. The average molecular weight is 100 g/mol. The van der Waals surface area contributed by atoms with E-state index in [-0.39, 0.29) is 11.9 Å². The van der Waals surface area contributed by atoms with Crippen LogP contribution in [0.4, 0.5) is 0 Å². The summed E-state index contributed by atoms with van der Waals surface area (Å²) < 4.78 is 0. The molecule has 1 saturated heterocycles. The van der Waals surface area contributed by atoms with Crippen molar-refractivity contribution < 1.29 is 4.79 Å². The molecule has 0 radical (unpaired) electrons. The molecule has 0 bridgehead atoms. The van der Waals surface area contributed by atoms with Gasteiger partial charge in [-0.2, -0.15) is 0 Å². The molecule has 3 N–H and O–H groups in total. The molecule has 40 valence electrons. The predicted octanol–water partition coefficient (Wildman–Crippen LogP) is -1.17. The summed E-state index contributed by atoms with van der Waals surface area (Å²) in [7, 11) is 0. The van der Waals surface area contributed by atoms with E-state index in [2.05, 4.69) is 5.32 Å². The van der Waals surface area contributed by atoms with Gasteiger partial charge in [-0.05, 0) is 13.0 Å². The van der Waals surface area contributed by atoms with Crippen molar-refractivity contribution in [3.05, 3.63) is 0 Å². The summed E-state index contributed by atoms with van der Waals surface area (Å²) in [6.07, 6.45) is 0.912. The van der Waals surface area contributed by atoms with Crippen LogP contribution in [-0.4, -0.2) is 18.5 Å². The largest absolute Gasteiger partial charge is 0.368 e. The Kier molecular flexibility index (Phi) is 0.982. The smallest absolute Gasteiger partial charge is 0.234 e. The topological polar surface area (TPSA) is 55.1 Å². The van der Waals surface area contributed by atoms with Gasteiger partial charge in [0.1, 0.15) is 0 Å². The van der Waals surface area contributed by atoms with Crippen LogP contribution < -0.4 is 11.1 Å². The highest BCUT2D eigenvalue weighted by molar-refractivity contribution is 5.80. The maximum absolute atomic E-state index is 10.1. The van der Waals surface area contributed by atoms with Gasteiger partial charge in [-0.15, -0.1) is 0 Å². The maximum Gasteiger partial charge on any atom is 0.234 e. The summed E-state index contributed by atoms with van der Waals surface area (Å²) in [6.45, 7) is 0.938. The van der Waals surface area contributed by atoms with Gasteiger partial charge in [-0.25, -0.2) is 0 Å². The van der Waals surface area contributed by atoms with Crippen LogP contribution in [0, 0.1) is 0 Å². The zero-order valence-corrected chi connectivity index (χ0v) is 3.98. The number of carbonyl (C=O) groups is 1. The van der Waals surface area contributed by atoms with E-state index in [0.29, 0.717) is 0 Å². The summed E-state index contributed by atoms with van der Waals surface area (Å²) in [5.74, 6) is -0.230. The number of hydrogen-bond acceptors (Lipinski definition) is 2. The monoisotopic (exact) mass is 100 g/mol. The van der Waals surface area contributed by atoms with Gasteiger partial charge in [0.2, 0.25) is 5.91 Å². The average Bonchev–Trinajstić information content (AvgIpc) is 1.23. The Morgan fingerprint density at radius 2 is 2.43 bits per heavy atom. The van der Waals surface area contributed by atoms with E-state index in [1.807, 2.05) is 0 Å². The fourth-order valence-electron chi connectivity index (χ4n) is 0.532. The molecule has 1 aliphatic heterocycles. The Morgan fingerprint density at radius 1 is 1.86 bits per heavy atom. The van der Waals surface area contributed by atoms with Crippen molar-refractivity contribution in [1.29, 1.82) is 0 Å². The minimum Gasteiger partial charge on any atom is -0.368 e. The van der Waals surface area contributed by atoms with Crippen molar-refractivity contribution >= 4 is 5.91 Å².